The summed E-state index contributed by atoms with van der Waals surface area (Å²) < 4.78 is 9.20. The van der Waals surface area contributed by atoms with Crippen molar-refractivity contribution in [1.82, 2.24) is 13.6 Å². The maximum atomic E-state index is 4.64. The molecule has 0 amide bonds. The summed E-state index contributed by atoms with van der Waals surface area (Å²) in [5, 5.41) is 0. The molecule has 3 aliphatic heterocycles. The zero-order chi connectivity index (χ0) is 12.4. The number of rotatable bonds is 5. The molecule has 1 aromatic rings. The molecule has 3 nitrogen and oxygen atoms in total. The van der Waals surface area contributed by atoms with E-state index in [0.29, 0.717) is 5.92 Å². The number of nitrogens with zero attached hydrogens (tertiary/aromatic N) is 3. The fourth-order valence-corrected chi connectivity index (χ4v) is 4.14. The van der Waals surface area contributed by atoms with Gasteiger partial charge in [0.05, 0.1) is 23.1 Å². The first-order chi connectivity index (χ1) is 8.88. The Balaban J connectivity index is 1.70. The topological polar surface area (TPSA) is 29.0 Å². The first kappa shape index (κ1) is 12.5. The van der Waals surface area contributed by atoms with Crippen molar-refractivity contribution in [2.75, 3.05) is 19.6 Å². The average molecular weight is 265 g/mol. The first-order valence-electron chi connectivity index (χ1n) is 7.42. The van der Waals surface area contributed by atoms with Gasteiger partial charge in [0.15, 0.2) is 0 Å². The quantitative estimate of drug-likeness (QED) is 0.766. The molecule has 1 atom stereocenters. The molecule has 1 unspecified atom stereocenters. The van der Waals surface area contributed by atoms with E-state index in [2.05, 4.69) is 20.6 Å². The lowest BCUT2D eigenvalue weighted by atomic mass is 9.77. The number of hydrogen-bond acceptors (Lipinski definition) is 4. The number of aromatic nitrogens is 2. The van der Waals surface area contributed by atoms with E-state index in [0.717, 1.165) is 12.3 Å². The van der Waals surface area contributed by atoms with Crippen LogP contribution < -0.4 is 0 Å². The number of hydrogen-bond donors (Lipinski definition) is 0. The van der Waals surface area contributed by atoms with Gasteiger partial charge in [0, 0.05) is 12.5 Å². The van der Waals surface area contributed by atoms with Crippen LogP contribution in [0.4, 0.5) is 0 Å². The average Bonchev–Trinajstić information content (AvgIpc) is 2.89. The highest BCUT2D eigenvalue weighted by molar-refractivity contribution is 6.99. The number of piperidine rings is 3. The van der Waals surface area contributed by atoms with Crippen molar-refractivity contribution in [2.24, 2.45) is 5.92 Å². The molecule has 4 heteroatoms. The van der Waals surface area contributed by atoms with Crippen LogP contribution in [0.15, 0.2) is 0 Å². The summed E-state index contributed by atoms with van der Waals surface area (Å²) in [6, 6.07) is 0. The minimum atomic E-state index is 0.683. The van der Waals surface area contributed by atoms with Crippen LogP contribution >= 0.6 is 11.7 Å². The van der Waals surface area contributed by atoms with Crippen LogP contribution in [0.3, 0.4) is 0 Å². The smallest absolute Gasteiger partial charge is 0.0821 e. The molecule has 4 rings (SSSR count). The number of fused-ring (bicyclic) bond motifs is 3. The van der Waals surface area contributed by atoms with Gasteiger partial charge >= 0.3 is 0 Å². The van der Waals surface area contributed by atoms with Crippen molar-refractivity contribution >= 4 is 11.7 Å². The van der Waals surface area contributed by atoms with E-state index < -0.39 is 0 Å². The molecule has 0 saturated carbocycles. The SMILES string of the molecule is CCCCCc1nsnc1C1CN2CCC1CC2. The third-order valence-electron chi connectivity index (χ3n) is 4.61. The molecule has 0 spiro atoms. The second-order valence-electron chi connectivity index (χ2n) is 5.80. The zero-order valence-corrected chi connectivity index (χ0v) is 12.1. The summed E-state index contributed by atoms with van der Waals surface area (Å²) in [6.07, 6.45) is 7.76. The predicted molar refractivity (Wildman–Crippen MR) is 75.0 cm³/mol. The summed E-state index contributed by atoms with van der Waals surface area (Å²) in [4.78, 5) is 2.61. The Morgan fingerprint density at radius 3 is 2.72 bits per heavy atom. The second kappa shape index (κ2) is 5.66. The van der Waals surface area contributed by atoms with Crippen LogP contribution in [0.1, 0.15) is 56.3 Å². The third-order valence-corrected chi connectivity index (χ3v) is 5.19. The number of unbranched alkanes of at least 4 members (excludes halogenated alkanes) is 2. The lowest BCUT2D eigenvalue weighted by Gasteiger charge is -2.44. The molecule has 18 heavy (non-hydrogen) atoms. The van der Waals surface area contributed by atoms with Crippen LogP contribution in [0.25, 0.3) is 0 Å². The van der Waals surface area contributed by atoms with Gasteiger partial charge in [-0.1, -0.05) is 19.8 Å². The lowest BCUT2D eigenvalue weighted by Crippen LogP contribution is -2.46. The van der Waals surface area contributed by atoms with Crippen molar-refractivity contribution < 1.29 is 0 Å². The van der Waals surface area contributed by atoms with Gasteiger partial charge in [0.1, 0.15) is 0 Å². The highest BCUT2D eigenvalue weighted by Crippen LogP contribution is 2.39. The molecule has 4 heterocycles. The molecular weight excluding hydrogens is 242 g/mol. The molecular formula is C14H23N3S. The first-order valence-corrected chi connectivity index (χ1v) is 8.15. The van der Waals surface area contributed by atoms with Crippen LogP contribution in [0.2, 0.25) is 0 Å². The van der Waals surface area contributed by atoms with E-state index in [-0.39, 0.29) is 0 Å². The fourth-order valence-electron chi connectivity index (χ4n) is 3.49. The highest BCUT2D eigenvalue weighted by atomic mass is 32.1. The molecule has 3 fully saturated rings. The summed E-state index contributed by atoms with van der Waals surface area (Å²) in [6.45, 7) is 6.11. The molecule has 0 radical (unpaired) electrons. The molecule has 3 saturated heterocycles. The number of aryl methyl sites for hydroxylation is 1. The van der Waals surface area contributed by atoms with Gasteiger partial charge in [-0.25, -0.2) is 0 Å². The van der Waals surface area contributed by atoms with E-state index in [1.54, 1.807) is 0 Å². The van der Waals surface area contributed by atoms with Crippen molar-refractivity contribution in [3.05, 3.63) is 11.4 Å². The molecule has 0 N–H and O–H groups in total. The molecule has 2 bridgehead atoms. The van der Waals surface area contributed by atoms with Crippen molar-refractivity contribution in [3.8, 4) is 0 Å². The van der Waals surface area contributed by atoms with E-state index in [9.17, 15) is 0 Å². The normalized spacial score (nSPS) is 30.8. The van der Waals surface area contributed by atoms with Gasteiger partial charge in [-0.3, -0.25) is 0 Å². The van der Waals surface area contributed by atoms with E-state index >= 15 is 0 Å². The summed E-state index contributed by atoms with van der Waals surface area (Å²) in [5.74, 6) is 1.56. The Morgan fingerprint density at radius 1 is 1.22 bits per heavy atom. The van der Waals surface area contributed by atoms with Gasteiger partial charge in [-0.15, -0.1) is 0 Å². The monoisotopic (exact) mass is 265 g/mol. The largest absolute Gasteiger partial charge is 0.303 e. The Labute approximate surface area is 114 Å². The Bertz CT molecular complexity index is 382. The fraction of sp³-hybridized carbons (Fsp3) is 0.857. The predicted octanol–water partition coefficient (Wildman–Crippen LogP) is 3.08. The van der Waals surface area contributed by atoms with Gasteiger partial charge < -0.3 is 4.90 Å². The molecule has 1 aromatic heterocycles. The molecule has 0 aliphatic carbocycles. The summed E-state index contributed by atoms with van der Waals surface area (Å²) >= 11 is 1.43. The Hall–Kier alpha value is -0.480. The van der Waals surface area contributed by atoms with Gasteiger partial charge in [0.25, 0.3) is 0 Å². The van der Waals surface area contributed by atoms with E-state index in [4.69, 9.17) is 0 Å². The maximum Gasteiger partial charge on any atom is 0.0821 e. The van der Waals surface area contributed by atoms with E-state index in [1.165, 1.54) is 74.9 Å². The minimum absolute atomic E-state index is 0.683. The van der Waals surface area contributed by atoms with Crippen LogP contribution in [-0.4, -0.2) is 33.3 Å². The van der Waals surface area contributed by atoms with Crippen LogP contribution in [-0.2, 0) is 6.42 Å². The second-order valence-corrected chi connectivity index (χ2v) is 6.33. The maximum absolute atomic E-state index is 4.64. The third kappa shape index (κ3) is 2.45. The van der Waals surface area contributed by atoms with Gasteiger partial charge in [-0.05, 0) is 44.7 Å². The Kier molecular flexibility index (Phi) is 3.94. The van der Waals surface area contributed by atoms with Gasteiger partial charge in [-0.2, -0.15) is 8.75 Å². The highest BCUT2D eigenvalue weighted by Gasteiger charge is 2.37. The van der Waals surface area contributed by atoms with Crippen molar-refractivity contribution in [2.45, 2.75) is 51.4 Å². The Morgan fingerprint density at radius 2 is 2.06 bits per heavy atom. The van der Waals surface area contributed by atoms with Crippen molar-refractivity contribution in [1.29, 1.82) is 0 Å². The molecule has 100 valence electrons. The molecule has 0 aromatic carbocycles. The summed E-state index contributed by atoms with van der Waals surface area (Å²) in [5.41, 5.74) is 2.66. The van der Waals surface area contributed by atoms with Gasteiger partial charge in [0.2, 0.25) is 0 Å². The minimum Gasteiger partial charge on any atom is -0.303 e. The van der Waals surface area contributed by atoms with Crippen LogP contribution in [0.5, 0.6) is 0 Å². The molecule has 3 aliphatic rings. The van der Waals surface area contributed by atoms with Crippen molar-refractivity contribution in [3.63, 3.8) is 0 Å². The van der Waals surface area contributed by atoms with Crippen LogP contribution in [0, 0.1) is 5.92 Å². The van der Waals surface area contributed by atoms with E-state index in [1.807, 2.05) is 0 Å². The summed E-state index contributed by atoms with van der Waals surface area (Å²) in [7, 11) is 0. The zero-order valence-electron chi connectivity index (χ0n) is 11.3. The standard InChI is InChI=1S/C14H23N3S/c1-2-3-4-5-13-14(16-18-15-13)12-10-17-8-6-11(12)7-9-17/h11-12H,2-10H2,1H3. The lowest BCUT2D eigenvalue weighted by molar-refractivity contribution is 0.0853.